The average molecular weight is 208 g/mol. The van der Waals surface area contributed by atoms with Gasteiger partial charge in [0.2, 0.25) is 0 Å². The van der Waals surface area contributed by atoms with Gasteiger partial charge in [0, 0.05) is 23.3 Å². The molecule has 3 nitrogen and oxygen atoms in total. The van der Waals surface area contributed by atoms with E-state index >= 15 is 0 Å². The molecular weight excluding hydrogens is 199 g/mol. The van der Waals surface area contributed by atoms with Crippen molar-refractivity contribution in [2.75, 3.05) is 13.7 Å². The van der Waals surface area contributed by atoms with Crippen molar-refractivity contribution in [3.63, 3.8) is 0 Å². The van der Waals surface area contributed by atoms with Crippen LogP contribution in [0.15, 0.2) is 24.3 Å². The molecule has 0 atom stereocenters. The molecule has 0 aromatic heterocycles. The van der Waals surface area contributed by atoms with Gasteiger partial charge in [-0.25, -0.2) is 9.18 Å². The topological polar surface area (TPSA) is 35.5 Å². The fourth-order valence-electron chi connectivity index (χ4n) is 1.43. The predicted molar refractivity (Wildman–Crippen MR) is 51.9 cm³/mol. The summed E-state index contributed by atoms with van der Waals surface area (Å²) >= 11 is 0. The van der Waals surface area contributed by atoms with Gasteiger partial charge in [-0.3, -0.25) is 0 Å². The molecule has 0 saturated carbocycles. The molecular formula is C11H9FO3. The van der Waals surface area contributed by atoms with Gasteiger partial charge in [-0.1, -0.05) is 0 Å². The lowest BCUT2D eigenvalue weighted by Gasteiger charge is -1.97. The monoisotopic (exact) mass is 208 g/mol. The number of hydrogen-bond donors (Lipinski definition) is 0. The number of hydrogen-bond acceptors (Lipinski definition) is 3. The molecule has 1 heterocycles. The maximum Gasteiger partial charge on any atom is 0.330 e. The molecule has 4 heteroatoms. The molecule has 1 aliphatic heterocycles. The van der Waals surface area contributed by atoms with Crippen LogP contribution in [-0.2, 0) is 9.53 Å². The van der Waals surface area contributed by atoms with Crippen LogP contribution in [0.2, 0.25) is 0 Å². The first kappa shape index (κ1) is 9.71. The van der Waals surface area contributed by atoms with Crippen molar-refractivity contribution in [1.82, 2.24) is 0 Å². The van der Waals surface area contributed by atoms with Gasteiger partial charge in [0.1, 0.15) is 18.2 Å². The summed E-state index contributed by atoms with van der Waals surface area (Å²) < 4.78 is 22.6. The van der Waals surface area contributed by atoms with Gasteiger partial charge in [0.25, 0.3) is 0 Å². The molecule has 15 heavy (non-hydrogen) atoms. The molecule has 0 bridgehead atoms. The minimum Gasteiger partial charge on any atom is -0.488 e. The van der Waals surface area contributed by atoms with Crippen LogP contribution in [0.1, 0.15) is 5.56 Å². The van der Waals surface area contributed by atoms with Crippen LogP contribution >= 0.6 is 0 Å². The van der Waals surface area contributed by atoms with Crippen molar-refractivity contribution in [1.29, 1.82) is 0 Å². The average Bonchev–Trinajstić information content (AvgIpc) is 2.60. The maximum absolute atomic E-state index is 12.8. The van der Waals surface area contributed by atoms with E-state index in [9.17, 15) is 9.18 Å². The summed E-state index contributed by atoms with van der Waals surface area (Å²) in [6.45, 7) is 0.272. The molecule has 0 radical (unpaired) electrons. The number of ether oxygens (including phenoxy) is 2. The van der Waals surface area contributed by atoms with Crippen LogP contribution in [0.5, 0.6) is 5.75 Å². The highest BCUT2D eigenvalue weighted by atomic mass is 19.1. The molecule has 0 amide bonds. The van der Waals surface area contributed by atoms with E-state index in [2.05, 4.69) is 4.74 Å². The lowest BCUT2D eigenvalue weighted by Crippen LogP contribution is -1.97. The number of benzene rings is 1. The zero-order valence-corrected chi connectivity index (χ0v) is 8.12. The Morgan fingerprint density at radius 3 is 3.13 bits per heavy atom. The second-order valence-electron chi connectivity index (χ2n) is 3.12. The third-order valence-electron chi connectivity index (χ3n) is 2.17. The van der Waals surface area contributed by atoms with Gasteiger partial charge >= 0.3 is 5.97 Å². The Kier molecular flexibility index (Phi) is 2.41. The van der Waals surface area contributed by atoms with Crippen LogP contribution in [0.25, 0.3) is 5.57 Å². The third kappa shape index (κ3) is 1.83. The number of methoxy groups -OCH3 is 1. The summed E-state index contributed by atoms with van der Waals surface area (Å²) in [6, 6.07) is 4.22. The highest BCUT2D eigenvalue weighted by molar-refractivity contribution is 5.93. The number of esters is 1. The standard InChI is InChI=1S/C11H9FO3/c1-14-11(13)4-7-6-15-10-5-8(12)2-3-9(7)10/h2-5H,6H2,1H3/b7-4+. The second kappa shape index (κ2) is 3.73. The van der Waals surface area contributed by atoms with E-state index in [4.69, 9.17) is 4.74 Å². The van der Waals surface area contributed by atoms with Crippen molar-refractivity contribution in [2.24, 2.45) is 0 Å². The minimum absolute atomic E-state index is 0.272. The number of halogens is 1. The third-order valence-corrected chi connectivity index (χ3v) is 2.17. The zero-order chi connectivity index (χ0) is 10.8. The van der Waals surface area contributed by atoms with Gasteiger partial charge in [-0.15, -0.1) is 0 Å². The van der Waals surface area contributed by atoms with Crippen LogP contribution in [0, 0.1) is 5.82 Å². The Hall–Kier alpha value is -1.84. The summed E-state index contributed by atoms with van der Waals surface area (Å²) in [5, 5.41) is 0. The number of carbonyl (C=O) groups excluding carboxylic acids is 1. The highest BCUT2D eigenvalue weighted by Crippen LogP contribution is 2.33. The van der Waals surface area contributed by atoms with E-state index in [0.29, 0.717) is 11.3 Å². The van der Waals surface area contributed by atoms with Crippen molar-refractivity contribution in [2.45, 2.75) is 0 Å². The molecule has 0 N–H and O–H groups in total. The number of carbonyl (C=O) groups is 1. The first-order chi connectivity index (χ1) is 7.20. The normalized spacial score (nSPS) is 16.0. The van der Waals surface area contributed by atoms with Gasteiger partial charge in [-0.2, -0.15) is 0 Å². The fourth-order valence-corrected chi connectivity index (χ4v) is 1.43. The highest BCUT2D eigenvalue weighted by Gasteiger charge is 2.19. The van der Waals surface area contributed by atoms with Crippen molar-refractivity contribution in [3.05, 3.63) is 35.7 Å². The lowest BCUT2D eigenvalue weighted by molar-refractivity contribution is -0.134. The molecule has 0 spiro atoms. The lowest BCUT2D eigenvalue weighted by atomic mass is 10.1. The molecule has 78 valence electrons. The summed E-state index contributed by atoms with van der Waals surface area (Å²) in [5.74, 6) is -0.330. The number of rotatable bonds is 1. The first-order valence-corrected chi connectivity index (χ1v) is 4.42. The van der Waals surface area contributed by atoms with E-state index in [1.165, 1.54) is 25.3 Å². The Morgan fingerprint density at radius 1 is 1.60 bits per heavy atom. The SMILES string of the molecule is COC(=O)/C=C1\COc2cc(F)ccc21. The van der Waals surface area contributed by atoms with Crippen molar-refractivity contribution in [3.8, 4) is 5.75 Å². The van der Waals surface area contributed by atoms with Crippen LogP contribution < -0.4 is 4.74 Å². The maximum atomic E-state index is 12.8. The van der Waals surface area contributed by atoms with Gasteiger partial charge in [0.05, 0.1) is 7.11 Å². The van der Waals surface area contributed by atoms with E-state index in [1.54, 1.807) is 6.07 Å². The summed E-state index contributed by atoms with van der Waals surface area (Å²) in [6.07, 6.45) is 1.35. The molecule has 1 aromatic rings. The van der Waals surface area contributed by atoms with Gasteiger partial charge in [0.15, 0.2) is 0 Å². The van der Waals surface area contributed by atoms with E-state index < -0.39 is 5.97 Å². The molecule has 0 fully saturated rings. The van der Waals surface area contributed by atoms with E-state index in [-0.39, 0.29) is 12.4 Å². The summed E-state index contributed by atoms with van der Waals surface area (Å²) in [4.78, 5) is 11.0. The smallest absolute Gasteiger partial charge is 0.330 e. The summed E-state index contributed by atoms with van der Waals surface area (Å²) in [7, 11) is 1.31. The van der Waals surface area contributed by atoms with Gasteiger partial charge < -0.3 is 9.47 Å². The zero-order valence-electron chi connectivity index (χ0n) is 8.12. The molecule has 0 aliphatic carbocycles. The Bertz CT molecular complexity index is 437. The second-order valence-corrected chi connectivity index (χ2v) is 3.12. The Morgan fingerprint density at radius 2 is 2.40 bits per heavy atom. The summed E-state index contributed by atoms with van der Waals surface area (Å²) in [5.41, 5.74) is 1.44. The largest absolute Gasteiger partial charge is 0.488 e. The quantitative estimate of drug-likeness (QED) is 0.521. The molecule has 1 aliphatic rings. The van der Waals surface area contributed by atoms with Crippen LogP contribution in [0.3, 0.4) is 0 Å². The first-order valence-electron chi connectivity index (χ1n) is 4.42. The van der Waals surface area contributed by atoms with Crippen LogP contribution in [0.4, 0.5) is 4.39 Å². The van der Waals surface area contributed by atoms with Crippen molar-refractivity contribution < 1.29 is 18.7 Å². The van der Waals surface area contributed by atoms with E-state index in [0.717, 1.165) is 5.56 Å². The number of fused-ring (bicyclic) bond motifs is 1. The Balaban J connectivity index is 2.37. The molecule has 0 saturated heterocycles. The Labute approximate surface area is 86.1 Å². The molecule has 1 aromatic carbocycles. The van der Waals surface area contributed by atoms with E-state index in [1.807, 2.05) is 0 Å². The molecule has 2 rings (SSSR count). The predicted octanol–water partition coefficient (Wildman–Crippen LogP) is 1.77. The van der Waals surface area contributed by atoms with Gasteiger partial charge in [-0.05, 0) is 12.1 Å². The fraction of sp³-hybridized carbons (Fsp3) is 0.182. The van der Waals surface area contributed by atoms with Crippen molar-refractivity contribution >= 4 is 11.5 Å². The van der Waals surface area contributed by atoms with Crippen LogP contribution in [-0.4, -0.2) is 19.7 Å². The molecule has 0 unspecified atom stereocenters. The minimum atomic E-state index is -0.439.